The molecule has 2 aromatic carbocycles. The van der Waals surface area contributed by atoms with Crippen LogP contribution in [0.2, 0.25) is 5.02 Å². The molecule has 0 unspecified atom stereocenters. The Balaban J connectivity index is 2.01. The highest BCUT2D eigenvalue weighted by molar-refractivity contribution is 6.38. The number of rotatable bonds is 9. The van der Waals surface area contributed by atoms with Gasteiger partial charge >= 0.3 is 12.2 Å². The van der Waals surface area contributed by atoms with Crippen LogP contribution in [0.25, 0.3) is 21.8 Å². The van der Waals surface area contributed by atoms with Crippen molar-refractivity contribution >= 4 is 51.4 Å². The van der Waals surface area contributed by atoms with Crippen LogP contribution < -0.4 is 14.4 Å². The van der Waals surface area contributed by atoms with Crippen LogP contribution in [-0.4, -0.2) is 59.8 Å². The van der Waals surface area contributed by atoms with Gasteiger partial charge in [-0.05, 0) is 60.1 Å². The topological polar surface area (TPSA) is 101 Å². The van der Waals surface area contributed by atoms with E-state index >= 15 is 0 Å². The zero-order chi connectivity index (χ0) is 32.2. The summed E-state index contributed by atoms with van der Waals surface area (Å²) in [6.45, 7) is 13.7. The number of benzene rings is 2. The van der Waals surface area contributed by atoms with Crippen molar-refractivity contribution in [2.75, 3.05) is 31.8 Å². The number of nitrogens with zero attached hydrogens (tertiary/aromatic N) is 3. The molecule has 236 valence electrons. The number of hydrogen-bond acceptors (Lipinski definition) is 8. The van der Waals surface area contributed by atoms with Gasteiger partial charge in [-0.3, -0.25) is 4.90 Å². The molecular weight excluding hydrogens is 586 g/mol. The normalized spacial score (nSPS) is 11.9. The lowest BCUT2D eigenvalue weighted by molar-refractivity contribution is 0.0546. The summed E-state index contributed by atoms with van der Waals surface area (Å²) in [6.07, 6.45) is 0.122. The molecule has 0 aliphatic heterocycles. The molecule has 0 N–H and O–H groups in total. The Morgan fingerprint density at radius 3 is 2.27 bits per heavy atom. The zero-order valence-corrected chi connectivity index (χ0v) is 27.3. The Kier molecular flexibility index (Phi) is 9.95. The Hall–Kier alpha value is -4.02. The molecule has 0 atom stereocenters. The number of aromatic nitrogens is 2. The number of hydrogen-bond donors (Lipinski definition) is 0. The van der Waals surface area contributed by atoms with E-state index in [1.165, 1.54) is 22.8 Å². The molecule has 0 aliphatic rings. The molecule has 0 saturated heterocycles. The van der Waals surface area contributed by atoms with Gasteiger partial charge in [0.25, 0.3) is 0 Å². The molecule has 0 fully saturated rings. The van der Waals surface area contributed by atoms with Gasteiger partial charge in [0, 0.05) is 18.1 Å². The Morgan fingerprint density at radius 2 is 1.66 bits per heavy atom. The van der Waals surface area contributed by atoms with Crippen molar-refractivity contribution in [1.29, 1.82) is 0 Å². The Bertz CT molecular complexity index is 1640. The minimum atomic E-state index is -0.804. The summed E-state index contributed by atoms with van der Waals surface area (Å²) >= 11 is 6.78. The van der Waals surface area contributed by atoms with Crippen LogP contribution in [0.1, 0.15) is 54.0 Å². The number of fused-ring (bicyclic) bond motifs is 3. The van der Waals surface area contributed by atoms with Crippen LogP contribution in [0, 0.1) is 0 Å². The molecule has 10 nitrogen and oxygen atoms in total. The van der Waals surface area contributed by atoms with Crippen molar-refractivity contribution in [3.63, 3.8) is 0 Å². The van der Waals surface area contributed by atoms with Crippen molar-refractivity contribution in [1.82, 2.24) is 9.55 Å². The van der Waals surface area contributed by atoms with E-state index in [2.05, 4.69) is 4.98 Å². The largest absolute Gasteiger partial charge is 0.493 e. The molecule has 2 aromatic heterocycles. The molecule has 1 amide bonds. The summed E-state index contributed by atoms with van der Waals surface area (Å²) in [5.74, 6) is 1.06. The molecule has 0 spiro atoms. The van der Waals surface area contributed by atoms with Gasteiger partial charge in [-0.1, -0.05) is 41.9 Å². The summed E-state index contributed by atoms with van der Waals surface area (Å²) in [6, 6.07) is 13.1. The van der Waals surface area contributed by atoms with Crippen molar-refractivity contribution in [2.24, 2.45) is 0 Å². The van der Waals surface area contributed by atoms with Crippen LogP contribution in [0.15, 0.2) is 48.7 Å². The molecule has 0 bridgehead atoms. The molecule has 2 heterocycles. The predicted octanol–water partition coefficient (Wildman–Crippen LogP) is 7.99. The third-order valence-electron chi connectivity index (χ3n) is 6.35. The van der Waals surface area contributed by atoms with E-state index < -0.39 is 23.4 Å². The van der Waals surface area contributed by atoms with Gasteiger partial charge < -0.3 is 23.7 Å². The van der Waals surface area contributed by atoms with E-state index in [9.17, 15) is 9.59 Å². The van der Waals surface area contributed by atoms with Gasteiger partial charge in [-0.2, -0.15) is 0 Å². The summed E-state index contributed by atoms with van der Waals surface area (Å²) in [7, 11) is 1.53. The van der Waals surface area contributed by atoms with Crippen molar-refractivity contribution in [3.05, 3.63) is 59.2 Å². The number of methoxy groups -OCH3 is 1. The van der Waals surface area contributed by atoms with Gasteiger partial charge in [0.1, 0.15) is 23.6 Å². The molecule has 11 heteroatoms. The van der Waals surface area contributed by atoms with Crippen LogP contribution in [0.3, 0.4) is 0 Å². The second-order valence-corrected chi connectivity index (χ2v) is 12.5. The number of anilines is 1. The summed E-state index contributed by atoms with van der Waals surface area (Å²) in [5.41, 5.74) is 0.128. The number of ether oxygens (including phenoxy) is 5. The van der Waals surface area contributed by atoms with E-state index in [4.69, 9.17) is 35.3 Å². The SMILES string of the molecule is CCOCCN(C(=O)OC(C)(C)C)c1ncc(Cl)c2c1c1cc(OC)c(OCc3ccccc3)cc1n2C(=O)OC(C)(C)C. The highest BCUT2D eigenvalue weighted by Crippen LogP contribution is 2.43. The van der Waals surface area contributed by atoms with Gasteiger partial charge in [-0.15, -0.1) is 0 Å². The fourth-order valence-corrected chi connectivity index (χ4v) is 4.83. The molecule has 4 aromatic rings. The molecule has 0 aliphatic carbocycles. The van der Waals surface area contributed by atoms with Crippen LogP contribution in [0.4, 0.5) is 15.4 Å². The first-order valence-electron chi connectivity index (χ1n) is 14.4. The number of pyridine rings is 1. The third kappa shape index (κ3) is 7.54. The molecule has 44 heavy (non-hydrogen) atoms. The average molecular weight is 626 g/mol. The van der Waals surface area contributed by atoms with Crippen molar-refractivity contribution < 1.29 is 33.3 Å². The maximum atomic E-state index is 13.8. The zero-order valence-electron chi connectivity index (χ0n) is 26.5. The third-order valence-corrected chi connectivity index (χ3v) is 6.63. The Labute approximate surface area is 262 Å². The smallest absolute Gasteiger partial charge is 0.419 e. The van der Waals surface area contributed by atoms with Crippen LogP contribution in [-0.2, 0) is 20.8 Å². The first-order valence-corrected chi connectivity index (χ1v) is 14.8. The first kappa shape index (κ1) is 32.9. The minimum absolute atomic E-state index is 0.140. The average Bonchev–Trinajstić information content (AvgIpc) is 3.28. The van der Waals surface area contributed by atoms with Gasteiger partial charge in [-0.25, -0.2) is 19.1 Å². The fraction of sp³-hybridized carbons (Fsp3) is 0.424. The quantitative estimate of drug-likeness (QED) is 0.172. The van der Waals surface area contributed by atoms with Gasteiger partial charge in [0.15, 0.2) is 11.5 Å². The Morgan fingerprint density at radius 1 is 0.977 bits per heavy atom. The maximum Gasteiger partial charge on any atom is 0.419 e. The van der Waals surface area contributed by atoms with E-state index in [0.717, 1.165) is 5.56 Å². The minimum Gasteiger partial charge on any atom is -0.493 e. The van der Waals surface area contributed by atoms with E-state index in [1.807, 2.05) is 37.3 Å². The van der Waals surface area contributed by atoms with E-state index in [1.54, 1.807) is 53.7 Å². The lowest BCUT2D eigenvalue weighted by atomic mass is 10.1. The lowest BCUT2D eigenvalue weighted by Crippen LogP contribution is -2.39. The number of carbonyl (C=O) groups excluding carboxylic acids is 2. The van der Waals surface area contributed by atoms with E-state index in [-0.39, 0.29) is 30.6 Å². The molecule has 0 saturated carbocycles. The van der Waals surface area contributed by atoms with Gasteiger partial charge in [0.2, 0.25) is 0 Å². The predicted molar refractivity (Wildman–Crippen MR) is 171 cm³/mol. The second kappa shape index (κ2) is 13.3. The highest BCUT2D eigenvalue weighted by Gasteiger charge is 2.31. The highest BCUT2D eigenvalue weighted by atomic mass is 35.5. The number of carbonyl (C=O) groups is 2. The van der Waals surface area contributed by atoms with Crippen LogP contribution >= 0.6 is 11.6 Å². The van der Waals surface area contributed by atoms with Gasteiger partial charge in [0.05, 0.1) is 47.9 Å². The lowest BCUT2D eigenvalue weighted by Gasteiger charge is -2.27. The summed E-state index contributed by atoms with van der Waals surface area (Å²) < 4.78 is 30.5. The summed E-state index contributed by atoms with van der Waals surface area (Å²) in [5, 5.41) is 1.17. The fourth-order valence-electron chi connectivity index (χ4n) is 4.60. The number of amides is 1. The standard InChI is InChI=1S/C33H40ClN3O7/c1-9-41-16-15-36(30(38)43-32(2,3)4)29-27-22-17-25(40-8)26(42-20-21-13-11-10-12-14-21)18-24(22)37(28(27)23(34)19-35-29)31(39)44-33(5,6)7/h10-14,17-19H,9,15-16,20H2,1-8H3. The first-order chi connectivity index (χ1) is 20.7. The molecule has 0 radical (unpaired) electrons. The second-order valence-electron chi connectivity index (χ2n) is 12.1. The van der Waals surface area contributed by atoms with Crippen molar-refractivity contribution in [2.45, 2.75) is 66.3 Å². The van der Waals surface area contributed by atoms with Crippen LogP contribution in [0.5, 0.6) is 11.5 Å². The monoisotopic (exact) mass is 625 g/mol. The number of halogens is 1. The van der Waals surface area contributed by atoms with E-state index in [0.29, 0.717) is 39.9 Å². The van der Waals surface area contributed by atoms with Crippen molar-refractivity contribution in [3.8, 4) is 11.5 Å². The maximum absolute atomic E-state index is 13.8. The molecule has 4 rings (SSSR count). The molecular formula is C33H40ClN3O7. The summed E-state index contributed by atoms with van der Waals surface area (Å²) in [4.78, 5) is 33.4.